The highest BCUT2D eigenvalue weighted by Gasteiger charge is 2.12. The molecule has 0 aliphatic heterocycles. The molecule has 0 radical (unpaired) electrons. The van der Waals surface area contributed by atoms with Gasteiger partial charge in [0.2, 0.25) is 0 Å². The van der Waals surface area contributed by atoms with E-state index in [4.69, 9.17) is 5.73 Å². The van der Waals surface area contributed by atoms with Crippen molar-refractivity contribution in [2.75, 3.05) is 5.73 Å². The summed E-state index contributed by atoms with van der Waals surface area (Å²) in [6.07, 6.45) is 0. The summed E-state index contributed by atoms with van der Waals surface area (Å²) in [4.78, 5) is 0. The largest absolute Gasteiger partial charge is 0.508 e. The quantitative estimate of drug-likeness (QED) is 0.559. The Morgan fingerprint density at radius 2 is 1.36 bits per heavy atom. The number of nitrogens with two attached hydrogens (primary N) is 1. The van der Waals surface area contributed by atoms with Crippen LogP contribution in [-0.4, -0.2) is 5.11 Å². The molecule has 2 heteroatoms. The van der Waals surface area contributed by atoms with Gasteiger partial charge in [0.15, 0.2) is 0 Å². The third-order valence-electron chi connectivity index (χ3n) is 2.47. The molecule has 3 N–H and O–H groups in total. The van der Waals surface area contributed by atoms with Crippen molar-refractivity contribution in [3.05, 3.63) is 23.3 Å². The number of phenolic OH excluding ortho intramolecular Hbond substituents is 1. The van der Waals surface area contributed by atoms with Crippen LogP contribution < -0.4 is 5.73 Å². The van der Waals surface area contributed by atoms with Crippen LogP contribution in [0.1, 0.15) is 50.7 Å². The fourth-order valence-corrected chi connectivity index (χ4v) is 1.64. The predicted octanol–water partition coefficient (Wildman–Crippen LogP) is 3.22. The fourth-order valence-electron chi connectivity index (χ4n) is 1.64. The van der Waals surface area contributed by atoms with Gasteiger partial charge in [-0.2, -0.15) is 0 Å². The Bertz CT molecular complexity index is 300. The summed E-state index contributed by atoms with van der Waals surface area (Å²) in [5, 5.41) is 9.56. The number of hydrogen-bond acceptors (Lipinski definition) is 2. The lowest BCUT2D eigenvalue weighted by molar-refractivity contribution is 0.473. The van der Waals surface area contributed by atoms with Crippen LogP contribution in [0.2, 0.25) is 0 Å². The Balaban J connectivity index is 3.32. The van der Waals surface area contributed by atoms with Gasteiger partial charge >= 0.3 is 0 Å². The van der Waals surface area contributed by atoms with Gasteiger partial charge in [-0.25, -0.2) is 0 Å². The molecular weight excluding hydrogens is 174 g/mol. The summed E-state index contributed by atoms with van der Waals surface area (Å²) >= 11 is 0. The van der Waals surface area contributed by atoms with E-state index in [0.29, 0.717) is 17.6 Å². The van der Waals surface area contributed by atoms with Gasteiger partial charge in [-0.15, -0.1) is 0 Å². The molecule has 78 valence electrons. The van der Waals surface area contributed by atoms with E-state index >= 15 is 0 Å². The molecule has 2 nitrogen and oxygen atoms in total. The number of anilines is 1. The molecule has 0 unspecified atom stereocenters. The minimum absolute atomic E-state index is 0.312. The zero-order valence-corrected chi connectivity index (χ0v) is 9.33. The molecule has 14 heavy (non-hydrogen) atoms. The molecule has 0 heterocycles. The van der Waals surface area contributed by atoms with Gasteiger partial charge in [-0.3, -0.25) is 0 Å². The van der Waals surface area contributed by atoms with Crippen LogP contribution in [0.3, 0.4) is 0 Å². The van der Waals surface area contributed by atoms with Crippen LogP contribution in [0.5, 0.6) is 5.75 Å². The number of benzene rings is 1. The summed E-state index contributed by atoms with van der Waals surface area (Å²) in [6, 6.07) is 3.51. The number of nitrogen functional groups attached to an aromatic ring is 1. The molecule has 0 atom stereocenters. The predicted molar refractivity (Wildman–Crippen MR) is 60.7 cm³/mol. The molecule has 1 rings (SSSR count). The van der Waals surface area contributed by atoms with E-state index in [1.807, 2.05) is 0 Å². The molecule has 1 aromatic carbocycles. The number of aromatic hydroxyl groups is 1. The minimum Gasteiger partial charge on any atom is -0.508 e. The summed E-state index contributed by atoms with van der Waals surface area (Å²) in [7, 11) is 0. The first kappa shape index (κ1) is 10.9. The number of hydrogen-bond donors (Lipinski definition) is 2. The van der Waals surface area contributed by atoms with Gasteiger partial charge in [0, 0.05) is 5.69 Å². The lowest BCUT2D eigenvalue weighted by Gasteiger charge is -2.16. The normalized spacial score (nSPS) is 11.3. The van der Waals surface area contributed by atoms with Crippen molar-refractivity contribution in [3.63, 3.8) is 0 Å². The molecule has 0 saturated carbocycles. The van der Waals surface area contributed by atoms with E-state index in [9.17, 15) is 5.11 Å². The van der Waals surface area contributed by atoms with Crippen LogP contribution in [0.4, 0.5) is 5.69 Å². The van der Waals surface area contributed by atoms with E-state index in [1.165, 1.54) is 0 Å². The van der Waals surface area contributed by atoms with Gasteiger partial charge < -0.3 is 10.8 Å². The second-order valence-corrected chi connectivity index (χ2v) is 4.35. The van der Waals surface area contributed by atoms with Crippen molar-refractivity contribution in [1.29, 1.82) is 0 Å². The first-order valence-corrected chi connectivity index (χ1v) is 5.05. The standard InChI is InChI=1S/C12H19NO/c1-7(2)10-5-9(14)6-11(8(3)4)12(10)13/h5-8,14H,13H2,1-4H3. The monoisotopic (exact) mass is 193 g/mol. The van der Waals surface area contributed by atoms with Crippen molar-refractivity contribution >= 4 is 5.69 Å². The van der Waals surface area contributed by atoms with Crippen LogP contribution in [0.25, 0.3) is 0 Å². The fraction of sp³-hybridized carbons (Fsp3) is 0.500. The Morgan fingerprint density at radius 1 is 1.00 bits per heavy atom. The Labute approximate surface area is 85.8 Å². The second kappa shape index (κ2) is 3.91. The molecule has 0 bridgehead atoms. The van der Waals surface area contributed by atoms with Crippen LogP contribution in [0, 0.1) is 0 Å². The van der Waals surface area contributed by atoms with Gasteiger partial charge in [0.25, 0.3) is 0 Å². The Hall–Kier alpha value is -1.18. The smallest absolute Gasteiger partial charge is 0.116 e. The minimum atomic E-state index is 0.312. The zero-order chi connectivity index (χ0) is 10.9. The molecule has 0 aromatic heterocycles. The average Bonchev–Trinajstić information content (AvgIpc) is 2.07. The van der Waals surface area contributed by atoms with Gasteiger partial charge in [-0.05, 0) is 35.1 Å². The van der Waals surface area contributed by atoms with Gasteiger partial charge in [0.1, 0.15) is 5.75 Å². The third kappa shape index (κ3) is 2.00. The van der Waals surface area contributed by atoms with Crippen molar-refractivity contribution in [2.45, 2.75) is 39.5 Å². The average molecular weight is 193 g/mol. The molecule has 0 amide bonds. The van der Waals surface area contributed by atoms with Crippen molar-refractivity contribution in [3.8, 4) is 5.75 Å². The molecular formula is C12H19NO. The number of phenols is 1. The van der Waals surface area contributed by atoms with Gasteiger partial charge in [-0.1, -0.05) is 27.7 Å². The van der Waals surface area contributed by atoms with E-state index in [1.54, 1.807) is 12.1 Å². The van der Waals surface area contributed by atoms with Crippen LogP contribution >= 0.6 is 0 Å². The molecule has 0 spiro atoms. The molecule has 0 saturated heterocycles. The maximum absolute atomic E-state index is 9.56. The first-order chi connectivity index (χ1) is 6.43. The SMILES string of the molecule is CC(C)c1cc(O)cc(C(C)C)c1N. The number of rotatable bonds is 2. The van der Waals surface area contributed by atoms with Gasteiger partial charge in [0.05, 0.1) is 0 Å². The van der Waals surface area contributed by atoms with Crippen molar-refractivity contribution < 1.29 is 5.11 Å². The maximum atomic E-state index is 9.56. The van der Waals surface area contributed by atoms with E-state index in [-0.39, 0.29) is 0 Å². The van der Waals surface area contributed by atoms with Crippen LogP contribution in [0.15, 0.2) is 12.1 Å². The zero-order valence-electron chi connectivity index (χ0n) is 9.33. The molecule has 1 aromatic rings. The first-order valence-electron chi connectivity index (χ1n) is 5.05. The molecule has 0 fully saturated rings. The lowest BCUT2D eigenvalue weighted by Crippen LogP contribution is -2.02. The van der Waals surface area contributed by atoms with E-state index < -0.39 is 0 Å². The summed E-state index contributed by atoms with van der Waals surface area (Å²) < 4.78 is 0. The van der Waals surface area contributed by atoms with E-state index in [2.05, 4.69) is 27.7 Å². The molecule has 0 aliphatic carbocycles. The maximum Gasteiger partial charge on any atom is 0.116 e. The highest BCUT2D eigenvalue weighted by Crippen LogP contribution is 2.33. The molecule has 0 aliphatic rings. The highest BCUT2D eigenvalue weighted by atomic mass is 16.3. The highest BCUT2D eigenvalue weighted by molar-refractivity contribution is 5.59. The summed E-state index contributed by atoms with van der Waals surface area (Å²) in [5.41, 5.74) is 8.94. The Kier molecular flexibility index (Phi) is 3.04. The van der Waals surface area contributed by atoms with E-state index in [0.717, 1.165) is 16.8 Å². The third-order valence-corrected chi connectivity index (χ3v) is 2.47. The van der Waals surface area contributed by atoms with Crippen LogP contribution in [-0.2, 0) is 0 Å². The summed E-state index contributed by atoms with van der Waals surface area (Å²) in [6.45, 7) is 8.31. The van der Waals surface area contributed by atoms with Crippen molar-refractivity contribution in [1.82, 2.24) is 0 Å². The van der Waals surface area contributed by atoms with Crippen molar-refractivity contribution in [2.24, 2.45) is 0 Å². The topological polar surface area (TPSA) is 46.2 Å². The lowest BCUT2D eigenvalue weighted by atomic mass is 9.92. The second-order valence-electron chi connectivity index (χ2n) is 4.35. The Morgan fingerprint density at radius 3 is 1.64 bits per heavy atom. The summed E-state index contributed by atoms with van der Waals surface area (Å²) in [5.74, 6) is 1.01.